The third-order valence-electron chi connectivity index (χ3n) is 2.69. The summed E-state index contributed by atoms with van der Waals surface area (Å²) in [6.45, 7) is 4.00. The third kappa shape index (κ3) is 10.7. The number of aliphatic carboxylic acids is 1. The molecule has 20 heavy (non-hydrogen) atoms. The highest BCUT2D eigenvalue weighted by atomic mass is 32.2. The molecule has 0 aliphatic carbocycles. The Bertz CT molecular complexity index is 406. The summed E-state index contributed by atoms with van der Waals surface area (Å²) in [4.78, 5) is 21.4. The largest absolute Gasteiger partial charge is 0.481 e. The molecule has 0 aromatic carbocycles. The van der Waals surface area contributed by atoms with Gasteiger partial charge in [-0.1, -0.05) is 6.92 Å². The van der Waals surface area contributed by atoms with Gasteiger partial charge in [0.05, 0.1) is 18.8 Å². The van der Waals surface area contributed by atoms with Crippen LogP contribution < -0.4 is 4.72 Å². The van der Waals surface area contributed by atoms with Gasteiger partial charge in [-0.2, -0.15) is 0 Å². The number of carbonyl (C=O) groups excluding carboxylic acids is 1. The Morgan fingerprint density at radius 2 is 1.90 bits per heavy atom. The zero-order chi connectivity index (χ0) is 15.6. The number of esters is 1. The number of ether oxygens (including phenoxy) is 1. The Hall–Kier alpha value is -1.15. The Kier molecular flexibility index (Phi) is 9.15. The molecule has 0 aromatic rings. The second-order valence-electron chi connectivity index (χ2n) is 4.59. The molecule has 7 nitrogen and oxygen atoms in total. The normalized spacial score (nSPS) is 12.9. The summed E-state index contributed by atoms with van der Waals surface area (Å²) < 4.78 is 30.2. The quantitative estimate of drug-likeness (QED) is 0.545. The van der Waals surface area contributed by atoms with Gasteiger partial charge in [0, 0.05) is 13.0 Å². The second kappa shape index (κ2) is 9.71. The first-order chi connectivity index (χ1) is 9.26. The molecule has 0 bridgehead atoms. The van der Waals surface area contributed by atoms with Crippen molar-refractivity contribution in [1.82, 2.24) is 4.72 Å². The predicted molar refractivity (Wildman–Crippen MR) is 73.7 cm³/mol. The van der Waals surface area contributed by atoms with Gasteiger partial charge in [-0.3, -0.25) is 9.59 Å². The maximum absolute atomic E-state index is 11.6. The average molecular weight is 309 g/mol. The van der Waals surface area contributed by atoms with Gasteiger partial charge >= 0.3 is 11.9 Å². The molecule has 0 amide bonds. The lowest BCUT2D eigenvalue weighted by molar-refractivity contribution is -0.142. The molecule has 0 radical (unpaired) electrons. The van der Waals surface area contributed by atoms with Crippen LogP contribution in [0.5, 0.6) is 0 Å². The lowest BCUT2D eigenvalue weighted by Gasteiger charge is -2.11. The van der Waals surface area contributed by atoms with Gasteiger partial charge in [0.2, 0.25) is 10.0 Å². The average Bonchev–Trinajstić information content (AvgIpc) is 2.34. The minimum atomic E-state index is -3.49. The number of sulfonamides is 1. The van der Waals surface area contributed by atoms with Crippen molar-refractivity contribution in [1.29, 1.82) is 0 Å². The fraction of sp³-hybridized carbons (Fsp3) is 0.833. The molecule has 0 aliphatic rings. The number of nitrogens with one attached hydrogen (secondary N) is 1. The molecular weight excluding hydrogens is 286 g/mol. The summed E-state index contributed by atoms with van der Waals surface area (Å²) >= 11 is 0. The summed E-state index contributed by atoms with van der Waals surface area (Å²) in [7, 11) is -3.49. The Labute approximate surface area is 119 Å². The first-order valence-corrected chi connectivity index (χ1v) is 8.26. The van der Waals surface area contributed by atoms with Crippen LogP contribution in [0.25, 0.3) is 0 Å². The van der Waals surface area contributed by atoms with E-state index in [1.165, 1.54) is 0 Å². The van der Waals surface area contributed by atoms with Crippen molar-refractivity contribution in [2.45, 2.75) is 39.5 Å². The Balaban J connectivity index is 3.87. The molecule has 0 rings (SSSR count). The topological polar surface area (TPSA) is 110 Å². The van der Waals surface area contributed by atoms with E-state index in [2.05, 4.69) is 9.46 Å². The van der Waals surface area contributed by atoms with E-state index in [-0.39, 0.29) is 37.7 Å². The van der Waals surface area contributed by atoms with Crippen LogP contribution in [-0.2, 0) is 24.3 Å². The smallest absolute Gasteiger partial charge is 0.306 e. The van der Waals surface area contributed by atoms with E-state index in [1.54, 1.807) is 6.92 Å². The molecular formula is C12H23NO6S. The molecule has 0 heterocycles. The summed E-state index contributed by atoms with van der Waals surface area (Å²) in [5.41, 5.74) is 0. The van der Waals surface area contributed by atoms with Crippen LogP contribution in [0.3, 0.4) is 0 Å². The van der Waals surface area contributed by atoms with Crippen molar-refractivity contribution in [3.05, 3.63) is 0 Å². The minimum Gasteiger partial charge on any atom is -0.481 e. The molecule has 0 aliphatic heterocycles. The van der Waals surface area contributed by atoms with Crippen LogP contribution in [0, 0.1) is 5.92 Å². The predicted octanol–water partition coefficient (Wildman–Crippen LogP) is 0.750. The van der Waals surface area contributed by atoms with Crippen molar-refractivity contribution < 1.29 is 27.9 Å². The van der Waals surface area contributed by atoms with E-state index >= 15 is 0 Å². The van der Waals surface area contributed by atoms with E-state index in [9.17, 15) is 18.0 Å². The van der Waals surface area contributed by atoms with Crippen LogP contribution in [0.2, 0.25) is 0 Å². The van der Waals surface area contributed by atoms with Gasteiger partial charge in [0.1, 0.15) is 0 Å². The fourth-order valence-corrected chi connectivity index (χ4v) is 2.51. The zero-order valence-electron chi connectivity index (χ0n) is 11.9. The molecule has 0 aromatic heterocycles. The molecule has 1 unspecified atom stereocenters. The summed E-state index contributed by atoms with van der Waals surface area (Å²) in [6, 6.07) is 0. The lowest BCUT2D eigenvalue weighted by Crippen LogP contribution is -2.29. The molecule has 1 atom stereocenters. The third-order valence-corrected chi connectivity index (χ3v) is 4.08. The standard InChI is InChI=1S/C12H23NO6S/c1-3-19-12(16)7-9-20(17,18)13-8-6-10(2)4-5-11(14)15/h10,13H,3-9H2,1-2H3,(H,14,15). The Morgan fingerprint density at radius 3 is 2.45 bits per heavy atom. The second-order valence-corrected chi connectivity index (χ2v) is 6.52. The monoisotopic (exact) mass is 309 g/mol. The van der Waals surface area contributed by atoms with Gasteiger partial charge in [0.25, 0.3) is 0 Å². The molecule has 0 spiro atoms. The van der Waals surface area contributed by atoms with E-state index in [0.717, 1.165) is 0 Å². The summed E-state index contributed by atoms with van der Waals surface area (Å²) in [5, 5.41) is 8.53. The maximum Gasteiger partial charge on any atom is 0.306 e. The van der Waals surface area contributed by atoms with Gasteiger partial charge < -0.3 is 9.84 Å². The number of hydrogen-bond donors (Lipinski definition) is 2. The Morgan fingerprint density at radius 1 is 1.25 bits per heavy atom. The highest BCUT2D eigenvalue weighted by molar-refractivity contribution is 7.89. The van der Waals surface area contributed by atoms with Crippen molar-refractivity contribution in [2.24, 2.45) is 5.92 Å². The number of carbonyl (C=O) groups is 2. The van der Waals surface area contributed by atoms with Crippen molar-refractivity contribution in [2.75, 3.05) is 18.9 Å². The summed E-state index contributed by atoms with van der Waals surface area (Å²) in [6.07, 6.45) is 0.986. The lowest BCUT2D eigenvalue weighted by atomic mass is 10.0. The SMILES string of the molecule is CCOC(=O)CCS(=O)(=O)NCCC(C)CCC(=O)O. The van der Waals surface area contributed by atoms with E-state index in [1.807, 2.05) is 6.92 Å². The van der Waals surface area contributed by atoms with Crippen molar-refractivity contribution >= 4 is 22.0 Å². The maximum atomic E-state index is 11.6. The van der Waals surface area contributed by atoms with Crippen LogP contribution in [0.1, 0.15) is 39.5 Å². The molecule has 0 saturated heterocycles. The molecule has 0 saturated carbocycles. The molecule has 0 fully saturated rings. The molecule has 2 N–H and O–H groups in total. The summed E-state index contributed by atoms with van der Waals surface area (Å²) in [5.74, 6) is -1.56. The molecule has 118 valence electrons. The highest BCUT2D eigenvalue weighted by Gasteiger charge is 2.14. The first kappa shape index (κ1) is 18.9. The first-order valence-electron chi connectivity index (χ1n) is 6.61. The van der Waals surface area contributed by atoms with E-state index < -0.39 is 22.0 Å². The van der Waals surface area contributed by atoms with Gasteiger partial charge in [-0.15, -0.1) is 0 Å². The van der Waals surface area contributed by atoms with E-state index in [0.29, 0.717) is 12.8 Å². The van der Waals surface area contributed by atoms with Crippen molar-refractivity contribution in [3.8, 4) is 0 Å². The fourth-order valence-electron chi connectivity index (χ4n) is 1.50. The number of carboxylic acids is 1. The van der Waals surface area contributed by atoms with Crippen molar-refractivity contribution in [3.63, 3.8) is 0 Å². The number of rotatable bonds is 11. The van der Waals surface area contributed by atoms with Crippen LogP contribution in [0.4, 0.5) is 0 Å². The number of hydrogen-bond acceptors (Lipinski definition) is 5. The molecule has 8 heteroatoms. The van der Waals surface area contributed by atoms with E-state index in [4.69, 9.17) is 5.11 Å². The van der Waals surface area contributed by atoms with Crippen LogP contribution in [-0.4, -0.2) is 44.4 Å². The van der Waals surface area contributed by atoms with Crippen LogP contribution in [0.15, 0.2) is 0 Å². The zero-order valence-corrected chi connectivity index (χ0v) is 12.7. The highest BCUT2D eigenvalue weighted by Crippen LogP contribution is 2.09. The number of carboxylic acid groups (broad SMARTS) is 1. The van der Waals surface area contributed by atoms with Gasteiger partial charge in [-0.05, 0) is 25.7 Å². The van der Waals surface area contributed by atoms with Gasteiger partial charge in [-0.25, -0.2) is 13.1 Å². The van der Waals surface area contributed by atoms with Gasteiger partial charge in [0.15, 0.2) is 0 Å². The van der Waals surface area contributed by atoms with Crippen LogP contribution >= 0.6 is 0 Å². The minimum absolute atomic E-state index is 0.0801.